The summed E-state index contributed by atoms with van der Waals surface area (Å²) in [5.41, 5.74) is 6.32. The van der Waals surface area contributed by atoms with E-state index >= 15 is 0 Å². The highest BCUT2D eigenvalue weighted by Gasteiger charge is 2.16. The van der Waals surface area contributed by atoms with Gasteiger partial charge in [0.25, 0.3) is 0 Å². The lowest BCUT2D eigenvalue weighted by atomic mass is 9.92. The van der Waals surface area contributed by atoms with E-state index in [0.29, 0.717) is 5.25 Å². The molecule has 2 aliphatic rings. The van der Waals surface area contributed by atoms with Crippen molar-refractivity contribution in [1.82, 2.24) is 0 Å². The molecule has 0 saturated carbocycles. The molecule has 5 aromatic rings. The highest BCUT2D eigenvalue weighted by Crippen LogP contribution is 2.38. The van der Waals surface area contributed by atoms with E-state index in [9.17, 15) is 0 Å². The maximum absolute atomic E-state index is 2.37. The fraction of sp³-hybridized carbons (Fsp3) is 0.0769. The molecule has 1 unspecified atom stereocenters. The molecule has 1 heterocycles. The maximum atomic E-state index is 2.37. The lowest BCUT2D eigenvalue weighted by Crippen LogP contribution is -2.04. The first-order valence-corrected chi connectivity index (χ1v) is 14.8. The molecule has 1 aliphatic heterocycles. The van der Waals surface area contributed by atoms with Crippen LogP contribution in [0.5, 0.6) is 0 Å². The van der Waals surface area contributed by atoms with Gasteiger partial charge in [-0.1, -0.05) is 134 Å². The van der Waals surface area contributed by atoms with Gasteiger partial charge in [0.15, 0.2) is 0 Å². The van der Waals surface area contributed by atoms with Crippen LogP contribution in [-0.2, 0) is 0 Å². The summed E-state index contributed by atoms with van der Waals surface area (Å²) in [6.45, 7) is 2.23. The molecule has 0 spiro atoms. The van der Waals surface area contributed by atoms with Crippen LogP contribution >= 0.6 is 11.8 Å². The smallest absolute Gasteiger partial charge is 0.0460 e. The zero-order chi connectivity index (χ0) is 26.9. The Hall–Kier alpha value is -4.33. The molecule has 0 fully saturated rings. The summed E-state index contributed by atoms with van der Waals surface area (Å²) in [6, 6.07) is 33.3. The molecule has 192 valence electrons. The Morgan fingerprint density at radius 3 is 2.10 bits per heavy atom. The van der Waals surface area contributed by atoms with E-state index in [4.69, 9.17) is 0 Å². The molecule has 0 saturated heterocycles. The monoisotopic (exact) mass is 530 g/mol. The van der Waals surface area contributed by atoms with Crippen molar-refractivity contribution in [2.75, 3.05) is 0 Å². The summed E-state index contributed by atoms with van der Waals surface area (Å²) in [5, 5.41) is 8.30. The lowest BCUT2D eigenvalue weighted by Gasteiger charge is -2.21. The van der Waals surface area contributed by atoms with Crippen LogP contribution in [0.1, 0.15) is 18.9 Å². The number of fused-ring (bicyclic) bond motifs is 7. The van der Waals surface area contributed by atoms with E-state index in [1.165, 1.54) is 65.1 Å². The normalized spacial score (nSPS) is 18.9. The summed E-state index contributed by atoms with van der Waals surface area (Å²) in [4.78, 5) is 1.38. The van der Waals surface area contributed by atoms with E-state index < -0.39 is 0 Å². The van der Waals surface area contributed by atoms with Gasteiger partial charge in [-0.15, -0.1) is 11.8 Å². The Balaban J connectivity index is 1.20. The first-order valence-electron chi connectivity index (χ1n) is 14.0. The molecule has 0 nitrogen and oxygen atoms in total. The van der Waals surface area contributed by atoms with Crippen LogP contribution in [0.4, 0.5) is 0 Å². The molecule has 1 aliphatic carbocycles. The highest BCUT2D eigenvalue weighted by molar-refractivity contribution is 8.04. The van der Waals surface area contributed by atoms with Crippen LogP contribution in [0.2, 0.25) is 0 Å². The van der Waals surface area contributed by atoms with E-state index in [0.717, 1.165) is 6.42 Å². The largest absolute Gasteiger partial charge is 0.118 e. The van der Waals surface area contributed by atoms with Crippen molar-refractivity contribution in [3.63, 3.8) is 0 Å². The quantitative estimate of drug-likeness (QED) is 0.126. The fourth-order valence-electron chi connectivity index (χ4n) is 5.94. The van der Waals surface area contributed by atoms with Gasteiger partial charge in [-0.25, -0.2) is 0 Å². The number of hydrogen-bond acceptors (Lipinski definition) is 1. The van der Waals surface area contributed by atoms with Gasteiger partial charge in [-0.05, 0) is 90.5 Å². The van der Waals surface area contributed by atoms with E-state index in [1.807, 2.05) is 11.8 Å². The average molecular weight is 531 g/mol. The molecular formula is C39H30S. The second-order valence-electron chi connectivity index (χ2n) is 10.4. The van der Waals surface area contributed by atoms with Gasteiger partial charge in [-0.2, -0.15) is 0 Å². The van der Waals surface area contributed by atoms with E-state index in [-0.39, 0.29) is 0 Å². The lowest BCUT2D eigenvalue weighted by molar-refractivity contribution is 1.25. The van der Waals surface area contributed by atoms with Gasteiger partial charge in [0.05, 0.1) is 0 Å². The molecule has 0 aromatic heterocycles. The van der Waals surface area contributed by atoms with Gasteiger partial charge < -0.3 is 0 Å². The third-order valence-electron chi connectivity index (χ3n) is 7.87. The molecule has 2 bridgehead atoms. The van der Waals surface area contributed by atoms with Gasteiger partial charge >= 0.3 is 0 Å². The topological polar surface area (TPSA) is 0 Å². The molecule has 0 radical (unpaired) electrons. The molecule has 7 rings (SSSR count). The van der Waals surface area contributed by atoms with Gasteiger partial charge in [0, 0.05) is 5.25 Å². The summed E-state index contributed by atoms with van der Waals surface area (Å²) in [5.74, 6) is 0. The Kier molecular flexibility index (Phi) is 6.59. The van der Waals surface area contributed by atoms with E-state index in [2.05, 4.69) is 153 Å². The zero-order valence-corrected chi connectivity index (χ0v) is 23.4. The molecule has 5 aromatic carbocycles. The third kappa shape index (κ3) is 4.68. The van der Waals surface area contributed by atoms with Crippen LogP contribution in [0.15, 0.2) is 156 Å². The predicted molar refractivity (Wildman–Crippen MR) is 178 cm³/mol. The van der Waals surface area contributed by atoms with Crippen LogP contribution in [-0.4, -0.2) is 5.25 Å². The molecule has 1 heteroatoms. The number of thioether (sulfide) groups is 1. The first-order chi connectivity index (χ1) is 19.7. The van der Waals surface area contributed by atoms with Crippen molar-refractivity contribution in [3.05, 3.63) is 161 Å². The van der Waals surface area contributed by atoms with Crippen LogP contribution in [0.25, 0.3) is 49.5 Å². The second kappa shape index (κ2) is 10.7. The van der Waals surface area contributed by atoms with Crippen molar-refractivity contribution in [1.29, 1.82) is 0 Å². The minimum Gasteiger partial charge on any atom is -0.118 e. The Morgan fingerprint density at radius 2 is 1.32 bits per heavy atom. The SMILES string of the molecule is CC1=C(/C=C\C=C\c2cccc(-c3ccc4c5ccccc5c5ccccc5c4c3)c2)C2=CC(/C=C\C/C=C\2)S1. The molecule has 1 atom stereocenters. The van der Waals surface area contributed by atoms with Crippen LogP contribution < -0.4 is 0 Å². The zero-order valence-electron chi connectivity index (χ0n) is 22.5. The molecule has 40 heavy (non-hydrogen) atoms. The van der Waals surface area contributed by atoms with Gasteiger partial charge in [-0.3, -0.25) is 0 Å². The fourth-order valence-corrected chi connectivity index (χ4v) is 7.06. The maximum Gasteiger partial charge on any atom is 0.0460 e. The average Bonchev–Trinajstić information content (AvgIpc) is 2.99. The van der Waals surface area contributed by atoms with Crippen LogP contribution in [0, 0.1) is 0 Å². The first kappa shape index (κ1) is 24.7. The second-order valence-corrected chi connectivity index (χ2v) is 11.8. The number of benzene rings is 5. The van der Waals surface area contributed by atoms with Gasteiger partial charge in [0.2, 0.25) is 0 Å². The third-order valence-corrected chi connectivity index (χ3v) is 9.01. The Labute approximate surface area is 240 Å². The summed E-state index contributed by atoms with van der Waals surface area (Å²) in [6.07, 6.45) is 21.2. The molecule has 0 amide bonds. The van der Waals surface area contributed by atoms with Crippen LogP contribution in [0.3, 0.4) is 0 Å². The van der Waals surface area contributed by atoms with Crippen molar-refractivity contribution in [3.8, 4) is 11.1 Å². The summed E-state index contributed by atoms with van der Waals surface area (Å²) in [7, 11) is 0. The van der Waals surface area contributed by atoms with Crippen molar-refractivity contribution >= 4 is 50.2 Å². The standard InChI is InChI=1S/C39H30S/c1-27-33(31-14-3-2-4-16-32(25-31)40-27)17-6-5-12-28-13-11-15-29(24-28)30-22-23-38-36-20-8-7-18-34(36)35-19-9-10-21-37(35)39(38)26-30/h3-26,32H,2H2,1H3/b12-5+,14-3-,16-4-,17-6-. The summed E-state index contributed by atoms with van der Waals surface area (Å²) >= 11 is 1.93. The van der Waals surface area contributed by atoms with Gasteiger partial charge in [0.1, 0.15) is 0 Å². The minimum absolute atomic E-state index is 0.446. The molecule has 0 N–H and O–H groups in total. The summed E-state index contributed by atoms with van der Waals surface area (Å²) < 4.78 is 0. The number of allylic oxidation sites excluding steroid dienone is 9. The minimum atomic E-state index is 0.446. The predicted octanol–water partition coefficient (Wildman–Crippen LogP) is 11.2. The van der Waals surface area contributed by atoms with Crippen molar-refractivity contribution in [2.24, 2.45) is 0 Å². The number of rotatable bonds is 4. The van der Waals surface area contributed by atoms with Crippen molar-refractivity contribution in [2.45, 2.75) is 18.6 Å². The van der Waals surface area contributed by atoms with E-state index in [1.54, 1.807) is 0 Å². The van der Waals surface area contributed by atoms with Crippen molar-refractivity contribution < 1.29 is 0 Å². The highest BCUT2D eigenvalue weighted by atomic mass is 32.2. The molecular weight excluding hydrogens is 500 g/mol. The Bertz CT molecular complexity index is 1920. The number of hydrogen-bond donors (Lipinski definition) is 0. The Morgan fingerprint density at radius 1 is 0.650 bits per heavy atom.